The van der Waals surface area contributed by atoms with Gasteiger partial charge in [0.05, 0.1) is 36.8 Å². The highest BCUT2D eigenvalue weighted by Crippen LogP contribution is 2.33. The van der Waals surface area contributed by atoms with E-state index in [1.165, 1.54) is 17.5 Å². The van der Waals surface area contributed by atoms with Crippen LogP contribution in [0.2, 0.25) is 0 Å². The second-order valence-electron chi connectivity index (χ2n) is 8.06. The molecule has 9 nitrogen and oxygen atoms in total. The van der Waals surface area contributed by atoms with Crippen molar-refractivity contribution in [1.29, 1.82) is 0 Å². The van der Waals surface area contributed by atoms with Crippen LogP contribution in [0, 0.1) is 12.8 Å². The molecule has 2 amide bonds. The van der Waals surface area contributed by atoms with Crippen molar-refractivity contribution >= 4 is 33.2 Å². The van der Waals surface area contributed by atoms with E-state index in [2.05, 4.69) is 5.32 Å². The lowest BCUT2D eigenvalue weighted by molar-refractivity contribution is -0.122. The van der Waals surface area contributed by atoms with Crippen molar-refractivity contribution < 1.29 is 27.5 Å². The number of aryl methyl sites for hydroxylation is 1. The number of para-hydroxylation sites is 2. The second kappa shape index (κ2) is 9.50. The van der Waals surface area contributed by atoms with Crippen molar-refractivity contribution in [2.75, 3.05) is 50.2 Å². The van der Waals surface area contributed by atoms with E-state index in [9.17, 15) is 18.0 Å². The topological polar surface area (TPSA) is 105 Å². The Kier molecular flexibility index (Phi) is 6.68. The number of rotatable bonds is 6. The molecule has 0 bridgehead atoms. The van der Waals surface area contributed by atoms with Gasteiger partial charge in [-0.3, -0.25) is 9.59 Å². The predicted molar refractivity (Wildman–Crippen MR) is 123 cm³/mol. The number of carbonyl (C=O) groups is 2. The molecule has 0 radical (unpaired) electrons. The Labute approximate surface area is 193 Å². The highest BCUT2D eigenvalue weighted by molar-refractivity contribution is 7.89. The Balaban J connectivity index is 1.50. The molecule has 2 aromatic carbocycles. The number of sulfonamides is 1. The molecule has 10 heteroatoms. The van der Waals surface area contributed by atoms with Crippen molar-refractivity contribution in [2.45, 2.75) is 18.2 Å². The van der Waals surface area contributed by atoms with E-state index in [-0.39, 0.29) is 29.7 Å². The summed E-state index contributed by atoms with van der Waals surface area (Å²) in [6.07, 6.45) is 0.0642. The van der Waals surface area contributed by atoms with Crippen LogP contribution in [-0.4, -0.2) is 64.5 Å². The summed E-state index contributed by atoms with van der Waals surface area (Å²) in [5, 5.41) is 2.79. The molecule has 2 aliphatic rings. The number of amides is 2. The summed E-state index contributed by atoms with van der Waals surface area (Å²) in [5.74, 6) is -0.509. The van der Waals surface area contributed by atoms with Crippen molar-refractivity contribution in [1.82, 2.24) is 4.31 Å². The van der Waals surface area contributed by atoms with Gasteiger partial charge in [0.2, 0.25) is 21.8 Å². The number of anilines is 2. The first-order valence-electron chi connectivity index (χ1n) is 10.7. The number of methoxy groups -OCH3 is 1. The molecule has 0 spiro atoms. The fourth-order valence-electron chi connectivity index (χ4n) is 4.09. The van der Waals surface area contributed by atoms with Gasteiger partial charge in [0.25, 0.3) is 0 Å². The monoisotopic (exact) mass is 473 g/mol. The minimum atomic E-state index is -3.71. The van der Waals surface area contributed by atoms with Crippen LogP contribution in [0.15, 0.2) is 47.4 Å². The molecule has 176 valence electrons. The van der Waals surface area contributed by atoms with Gasteiger partial charge in [-0.05, 0) is 36.8 Å². The largest absolute Gasteiger partial charge is 0.495 e. The smallest absolute Gasteiger partial charge is 0.243 e. The van der Waals surface area contributed by atoms with Gasteiger partial charge < -0.3 is 19.7 Å². The fourth-order valence-corrected chi connectivity index (χ4v) is 5.75. The van der Waals surface area contributed by atoms with Crippen LogP contribution < -0.4 is 15.0 Å². The zero-order valence-electron chi connectivity index (χ0n) is 18.6. The zero-order chi connectivity index (χ0) is 23.6. The van der Waals surface area contributed by atoms with Gasteiger partial charge in [0, 0.05) is 31.7 Å². The van der Waals surface area contributed by atoms with Crippen molar-refractivity contribution in [3.63, 3.8) is 0 Å². The molecule has 2 saturated heterocycles. The zero-order valence-corrected chi connectivity index (χ0v) is 19.4. The molecule has 2 aliphatic heterocycles. The summed E-state index contributed by atoms with van der Waals surface area (Å²) in [7, 11) is -2.17. The van der Waals surface area contributed by atoms with E-state index >= 15 is 0 Å². The Morgan fingerprint density at radius 2 is 1.88 bits per heavy atom. The molecule has 0 aliphatic carbocycles. The predicted octanol–water partition coefficient (Wildman–Crippen LogP) is 2.02. The number of hydrogen-bond donors (Lipinski definition) is 1. The van der Waals surface area contributed by atoms with E-state index in [1.54, 1.807) is 42.2 Å². The summed E-state index contributed by atoms with van der Waals surface area (Å²) in [4.78, 5) is 27.3. The normalized spacial score (nSPS) is 19.5. The SMILES string of the molecule is COc1ccccc1N1C[C@@H](C(=O)Nc2ccc(C)c(S(=O)(=O)N3CCOCC3)c2)CC1=O. The van der Waals surface area contributed by atoms with Crippen LogP contribution in [0.3, 0.4) is 0 Å². The molecule has 0 aromatic heterocycles. The number of benzene rings is 2. The van der Waals surface area contributed by atoms with Gasteiger partial charge >= 0.3 is 0 Å². The number of morpholine rings is 1. The average Bonchev–Trinajstić information content (AvgIpc) is 3.22. The fraction of sp³-hybridized carbons (Fsp3) is 0.391. The molecule has 33 heavy (non-hydrogen) atoms. The number of nitrogens with zero attached hydrogens (tertiary/aromatic N) is 2. The molecule has 2 heterocycles. The lowest BCUT2D eigenvalue weighted by Crippen LogP contribution is -2.40. The van der Waals surface area contributed by atoms with Crippen molar-refractivity contribution in [3.8, 4) is 5.75 Å². The molecule has 2 fully saturated rings. The third kappa shape index (κ3) is 4.73. The van der Waals surface area contributed by atoms with Gasteiger partial charge in [0.1, 0.15) is 5.75 Å². The maximum absolute atomic E-state index is 13.1. The van der Waals surface area contributed by atoms with Crippen molar-refractivity contribution in [2.24, 2.45) is 5.92 Å². The van der Waals surface area contributed by atoms with Crippen LogP contribution in [0.25, 0.3) is 0 Å². The second-order valence-corrected chi connectivity index (χ2v) is 9.97. The van der Waals surface area contributed by atoms with E-state index in [0.717, 1.165) is 0 Å². The van der Waals surface area contributed by atoms with Gasteiger partial charge in [-0.25, -0.2) is 8.42 Å². The third-order valence-corrected chi connectivity index (χ3v) is 7.96. The molecule has 1 N–H and O–H groups in total. The Morgan fingerprint density at radius 1 is 1.15 bits per heavy atom. The van der Waals surface area contributed by atoms with E-state index in [1.807, 2.05) is 6.07 Å². The highest BCUT2D eigenvalue weighted by atomic mass is 32.2. The molecule has 4 rings (SSSR count). The summed E-state index contributed by atoms with van der Waals surface area (Å²) < 4.78 is 38.2. The lowest BCUT2D eigenvalue weighted by atomic mass is 10.1. The lowest BCUT2D eigenvalue weighted by Gasteiger charge is -2.27. The number of nitrogens with one attached hydrogen (secondary N) is 1. The quantitative estimate of drug-likeness (QED) is 0.688. The van der Waals surface area contributed by atoms with E-state index in [0.29, 0.717) is 49.0 Å². The molecular formula is C23H27N3O6S. The number of ether oxygens (including phenoxy) is 2. The van der Waals surface area contributed by atoms with Crippen LogP contribution in [0.1, 0.15) is 12.0 Å². The Morgan fingerprint density at radius 3 is 2.61 bits per heavy atom. The van der Waals surface area contributed by atoms with Crippen LogP contribution >= 0.6 is 0 Å². The first-order valence-corrected chi connectivity index (χ1v) is 12.2. The van der Waals surface area contributed by atoms with Crippen LogP contribution in [0.5, 0.6) is 5.75 Å². The Hall–Kier alpha value is -2.95. The maximum atomic E-state index is 13.1. The number of carbonyl (C=O) groups excluding carboxylic acids is 2. The van der Waals surface area contributed by atoms with Crippen LogP contribution in [-0.2, 0) is 24.3 Å². The summed E-state index contributed by atoms with van der Waals surface area (Å²) in [5.41, 5.74) is 1.59. The summed E-state index contributed by atoms with van der Waals surface area (Å²) >= 11 is 0. The minimum Gasteiger partial charge on any atom is -0.495 e. The van der Waals surface area contributed by atoms with Crippen molar-refractivity contribution in [3.05, 3.63) is 48.0 Å². The first-order chi connectivity index (χ1) is 15.8. The average molecular weight is 474 g/mol. The van der Waals surface area contributed by atoms with Crippen LogP contribution in [0.4, 0.5) is 11.4 Å². The minimum absolute atomic E-state index is 0.0642. The van der Waals surface area contributed by atoms with E-state index in [4.69, 9.17) is 9.47 Å². The third-order valence-electron chi connectivity index (χ3n) is 5.92. The van der Waals surface area contributed by atoms with E-state index < -0.39 is 15.9 Å². The molecule has 0 unspecified atom stereocenters. The summed E-state index contributed by atoms with van der Waals surface area (Å²) in [6, 6.07) is 12.0. The maximum Gasteiger partial charge on any atom is 0.243 e. The van der Waals surface area contributed by atoms with Gasteiger partial charge in [-0.2, -0.15) is 4.31 Å². The molecular weight excluding hydrogens is 446 g/mol. The molecule has 0 saturated carbocycles. The molecule has 1 atom stereocenters. The highest BCUT2D eigenvalue weighted by Gasteiger charge is 2.36. The first kappa shape index (κ1) is 23.2. The van der Waals surface area contributed by atoms with Gasteiger partial charge in [-0.1, -0.05) is 18.2 Å². The molecule has 2 aromatic rings. The Bertz CT molecular complexity index is 1160. The van der Waals surface area contributed by atoms with Gasteiger partial charge in [0.15, 0.2) is 0 Å². The summed E-state index contributed by atoms with van der Waals surface area (Å²) in [6.45, 7) is 3.23. The van der Waals surface area contributed by atoms with Gasteiger partial charge in [-0.15, -0.1) is 0 Å². The standard InChI is InChI=1S/C23H27N3O6S/c1-16-7-8-18(14-21(16)33(29,30)25-9-11-32-12-10-25)24-23(28)17-13-22(27)26(15-17)19-5-3-4-6-20(19)31-2/h3-8,14,17H,9-13,15H2,1-2H3,(H,24,28)/t17-/m0/s1. The number of hydrogen-bond acceptors (Lipinski definition) is 6.